The Morgan fingerprint density at radius 3 is 2.37 bits per heavy atom. The van der Waals surface area contributed by atoms with Crippen LogP contribution in [-0.4, -0.2) is 11.2 Å². The lowest BCUT2D eigenvalue weighted by molar-refractivity contribution is 0.175. The van der Waals surface area contributed by atoms with Crippen LogP contribution in [0.5, 0.6) is 0 Å². The van der Waals surface area contributed by atoms with Gasteiger partial charge >= 0.3 is 0 Å². The van der Waals surface area contributed by atoms with Crippen LogP contribution >= 0.6 is 43.5 Å². The van der Waals surface area contributed by atoms with Gasteiger partial charge in [-0.3, -0.25) is 0 Å². The molecule has 0 aliphatic carbocycles. The van der Waals surface area contributed by atoms with Gasteiger partial charge in [-0.05, 0) is 35.7 Å². The monoisotopic (exact) mass is 402 g/mol. The molecule has 0 aliphatic heterocycles. The summed E-state index contributed by atoms with van der Waals surface area (Å²) in [6.07, 6.45) is 0.707. The summed E-state index contributed by atoms with van der Waals surface area (Å²) in [6, 6.07) is 13.7. The predicted molar refractivity (Wildman–Crippen MR) is 86.7 cm³/mol. The van der Waals surface area contributed by atoms with Gasteiger partial charge in [0.15, 0.2) is 0 Å². The summed E-state index contributed by atoms with van der Waals surface area (Å²) in [4.78, 5) is 0. The Morgan fingerprint density at radius 1 is 1.00 bits per heavy atom. The van der Waals surface area contributed by atoms with Crippen molar-refractivity contribution in [1.29, 1.82) is 0 Å². The molecular formula is C15H13Br2ClO. The van der Waals surface area contributed by atoms with Gasteiger partial charge in [-0.15, -0.1) is 0 Å². The fourth-order valence-corrected chi connectivity index (χ4v) is 3.13. The molecule has 1 atom stereocenters. The van der Waals surface area contributed by atoms with Crippen molar-refractivity contribution >= 4 is 43.5 Å². The van der Waals surface area contributed by atoms with Crippen molar-refractivity contribution in [1.82, 2.24) is 0 Å². The minimum absolute atomic E-state index is 0.447. The van der Waals surface area contributed by atoms with E-state index in [9.17, 15) is 5.11 Å². The Morgan fingerprint density at radius 2 is 1.68 bits per heavy atom. The van der Waals surface area contributed by atoms with E-state index in [4.69, 9.17) is 11.6 Å². The first-order chi connectivity index (χ1) is 9.06. The lowest BCUT2D eigenvalue weighted by Crippen LogP contribution is -2.14. The van der Waals surface area contributed by atoms with E-state index < -0.39 is 6.10 Å². The molecule has 100 valence electrons. The van der Waals surface area contributed by atoms with Crippen molar-refractivity contribution in [2.24, 2.45) is 0 Å². The SMILES string of the molecule is OC(Cc1ccc(Br)cc1Cl)Cc1ccccc1Br. The summed E-state index contributed by atoms with van der Waals surface area (Å²) in [5.74, 6) is 0. The van der Waals surface area contributed by atoms with Crippen molar-refractivity contribution in [3.63, 3.8) is 0 Å². The molecule has 0 fully saturated rings. The number of benzene rings is 2. The second-order valence-corrected chi connectivity index (χ2v) is 6.57. The Labute approximate surface area is 134 Å². The quantitative estimate of drug-likeness (QED) is 0.759. The number of hydrogen-bond donors (Lipinski definition) is 1. The average molecular weight is 405 g/mol. The highest BCUT2D eigenvalue weighted by Crippen LogP contribution is 2.24. The number of aliphatic hydroxyl groups is 1. The molecular weight excluding hydrogens is 391 g/mol. The minimum atomic E-state index is -0.447. The van der Waals surface area contributed by atoms with Crippen LogP contribution in [0.15, 0.2) is 51.4 Å². The van der Waals surface area contributed by atoms with Crippen molar-refractivity contribution in [3.05, 3.63) is 67.6 Å². The number of hydrogen-bond acceptors (Lipinski definition) is 1. The summed E-state index contributed by atoms with van der Waals surface area (Å²) < 4.78 is 1.97. The average Bonchev–Trinajstić information content (AvgIpc) is 2.36. The number of rotatable bonds is 4. The van der Waals surface area contributed by atoms with Gasteiger partial charge in [0, 0.05) is 20.4 Å². The fourth-order valence-electron chi connectivity index (χ4n) is 1.93. The van der Waals surface area contributed by atoms with Crippen LogP contribution < -0.4 is 0 Å². The second kappa shape index (κ2) is 6.89. The third-order valence-corrected chi connectivity index (χ3v) is 4.50. The normalized spacial score (nSPS) is 12.4. The molecule has 0 spiro atoms. The Hall–Kier alpha value is -0.350. The van der Waals surface area contributed by atoms with E-state index in [0.29, 0.717) is 17.9 Å². The Bertz CT molecular complexity index is 572. The van der Waals surface area contributed by atoms with Crippen molar-refractivity contribution < 1.29 is 5.11 Å². The smallest absolute Gasteiger partial charge is 0.0621 e. The maximum absolute atomic E-state index is 10.2. The fraction of sp³-hybridized carbons (Fsp3) is 0.200. The van der Waals surface area contributed by atoms with Gasteiger partial charge in [0.05, 0.1) is 6.10 Å². The zero-order valence-electron chi connectivity index (χ0n) is 10.1. The van der Waals surface area contributed by atoms with Crippen LogP contribution in [0.4, 0.5) is 0 Å². The molecule has 0 radical (unpaired) electrons. The molecule has 0 saturated heterocycles. The zero-order valence-corrected chi connectivity index (χ0v) is 14.0. The van der Waals surface area contributed by atoms with Crippen LogP contribution in [0.3, 0.4) is 0 Å². The standard InChI is InChI=1S/C15H13Br2ClO/c16-12-6-5-11(15(18)9-12)8-13(19)7-10-3-1-2-4-14(10)17/h1-6,9,13,19H,7-8H2. The first-order valence-electron chi connectivity index (χ1n) is 5.91. The van der Waals surface area contributed by atoms with Crippen LogP contribution in [0.2, 0.25) is 5.02 Å². The Kier molecular flexibility index (Phi) is 5.46. The summed E-state index contributed by atoms with van der Waals surface area (Å²) in [5, 5.41) is 10.9. The van der Waals surface area contributed by atoms with Crippen LogP contribution in [0.25, 0.3) is 0 Å². The lowest BCUT2D eigenvalue weighted by atomic mass is 10.0. The first kappa shape index (κ1) is 15.0. The molecule has 2 rings (SSSR count). The largest absolute Gasteiger partial charge is 0.392 e. The van der Waals surface area contributed by atoms with Gasteiger partial charge in [0.2, 0.25) is 0 Å². The highest BCUT2D eigenvalue weighted by atomic mass is 79.9. The van der Waals surface area contributed by atoms with Crippen LogP contribution in [0.1, 0.15) is 11.1 Å². The molecule has 0 bridgehead atoms. The van der Waals surface area contributed by atoms with Crippen molar-refractivity contribution in [3.8, 4) is 0 Å². The first-order valence-corrected chi connectivity index (χ1v) is 7.88. The third kappa shape index (κ3) is 4.32. The predicted octanol–water partition coefficient (Wildman–Crippen LogP) is 5.01. The molecule has 19 heavy (non-hydrogen) atoms. The molecule has 0 saturated carbocycles. The zero-order chi connectivity index (χ0) is 13.8. The Balaban J connectivity index is 2.05. The second-order valence-electron chi connectivity index (χ2n) is 4.39. The topological polar surface area (TPSA) is 20.2 Å². The number of aliphatic hydroxyl groups excluding tert-OH is 1. The number of halogens is 3. The highest BCUT2D eigenvalue weighted by molar-refractivity contribution is 9.10. The lowest BCUT2D eigenvalue weighted by Gasteiger charge is -2.13. The molecule has 0 heterocycles. The van der Waals surface area contributed by atoms with E-state index in [-0.39, 0.29) is 0 Å². The van der Waals surface area contributed by atoms with Gasteiger partial charge in [0.1, 0.15) is 0 Å². The molecule has 0 amide bonds. The van der Waals surface area contributed by atoms with E-state index >= 15 is 0 Å². The van der Waals surface area contributed by atoms with Gasteiger partial charge in [-0.2, -0.15) is 0 Å². The van der Waals surface area contributed by atoms with Gasteiger partial charge in [-0.1, -0.05) is 67.7 Å². The molecule has 1 N–H and O–H groups in total. The molecule has 0 aromatic heterocycles. The summed E-state index contributed by atoms with van der Waals surface area (Å²) in [5.41, 5.74) is 2.06. The maximum atomic E-state index is 10.2. The van der Waals surface area contributed by atoms with Gasteiger partial charge in [-0.25, -0.2) is 0 Å². The third-order valence-electron chi connectivity index (χ3n) is 2.88. The molecule has 4 heteroatoms. The highest BCUT2D eigenvalue weighted by Gasteiger charge is 2.11. The van der Waals surface area contributed by atoms with E-state index in [0.717, 1.165) is 20.1 Å². The van der Waals surface area contributed by atoms with Crippen LogP contribution in [0, 0.1) is 0 Å². The van der Waals surface area contributed by atoms with E-state index in [1.54, 1.807) is 0 Å². The molecule has 2 aromatic carbocycles. The maximum Gasteiger partial charge on any atom is 0.0621 e. The van der Waals surface area contributed by atoms with E-state index in [2.05, 4.69) is 31.9 Å². The summed E-state index contributed by atoms with van der Waals surface area (Å²) in [6.45, 7) is 0. The molecule has 2 aromatic rings. The van der Waals surface area contributed by atoms with Crippen molar-refractivity contribution in [2.75, 3.05) is 0 Å². The van der Waals surface area contributed by atoms with Crippen molar-refractivity contribution in [2.45, 2.75) is 18.9 Å². The van der Waals surface area contributed by atoms with E-state index in [1.807, 2.05) is 42.5 Å². The summed E-state index contributed by atoms with van der Waals surface area (Å²) >= 11 is 13.0. The molecule has 0 aliphatic rings. The van der Waals surface area contributed by atoms with Gasteiger partial charge in [0.25, 0.3) is 0 Å². The van der Waals surface area contributed by atoms with Crippen LogP contribution in [-0.2, 0) is 12.8 Å². The minimum Gasteiger partial charge on any atom is -0.392 e. The summed E-state index contributed by atoms with van der Waals surface area (Å²) in [7, 11) is 0. The van der Waals surface area contributed by atoms with E-state index in [1.165, 1.54) is 0 Å². The van der Waals surface area contributed by atoms with Gasteiger partial charge < -0.3 is 5.11 Å². The molecule has 1 unspecified atom stereocenters. The molecule has 1 nitrogen and oxygen atoms in total.